The molecule has 0 saturated carbocycles. The summed E-state index contributed by atoms with van der Waals surface area (Å²) in [4.78, 5) is 3.52. The van der Waals surface area contributed by atoms with Crippen LogP contribution in [0.4, 0.5) is 13.2 Å². The molecule has 0 saturated heterocycles. The molecule has 9 heteroatoms. The third-order valence-corrected chi connectivity index (χ3v) is 2.58. The lowest BCUT2D eigenvalue weighted by atomic mass is 10.1. The van der Waals surface area contributed by atoms with E-state index in [9.17, 15) is 13.2 Å². The summed E-state index contributed by atoms with van der Waals surface area (Å²) < 4.78 is 39.0. The third kappa shape index (κ3) is 2.74. The molecule has 0 N–H and O–H groups in total. The highest BCUT2D eigenvalue weighted by Crippen LogP contribution is 2.30. The number of aromatic nitrogens is 5. The van der Waals surface area contributed by atoms with Gasteiger partial charge in [-0.15, -0.1) is 5.10 Å². The Balaban J connectivity index is 2.40. The van der Waals surface area contributed by atoms with Crippen molar-refractivity contribution >= 4 is 0 Å². The zero-order valence-electron chi connectivity index (χ0n) is 10.4. The molecule has 0 aliphatic carbocycles. The first-order valence-electron chi connectivity index (χ1n) is 5.62. The fourth-order valence-corrected chi connectivity index (χ4v) is 1.66. The number of halogens is 3. The van der Waals surface area contributed by atoms with Crippen LogP contribution in [0.3, 0.4) is 0 Å². The molecule has 20 heavy (non-hydrogen) atoms. The first kappa shape index (κ1) is 13.9. The van der Waals surface area contributed by atoms with Gasteiger partial charge in [0, 0.05) is 11.3 Å². The Bertz CT molecular complexity index is 655. The number of aryl methyl sites for hydroxylation is 2. The van der Waals surface area contributed by atoms with Gasteiger partial charge in [0.1, 0.15) is 5.69 Å². The predicted octanol–water partition coefficient (Wildman–Crippen LogP) is 1.98. The summed E-state index contributed by atoms with van der Waals surface area (Å²) in [5.41, 5.74) is -0.386. The van der Waals surface area contributed by atoms with E-state index in [1.165, 1.54) is 17.7 Å². The van der Waals surface area contributed by atoms with E-state index in [-0.39, 0.29) is 18.7 Å². The Labute approximate surface area is 111 Å². The van der Waals surface area contributed by atoms with Crippen LogP contribution >= 0.6 is 0 Å². The molecule has 0 spiro atoms. The molecule has 6 nitrogen and oxygen atoms in total. The second-order valence-electron chi connectivity index (χ2n) is 3.96. The van der Waals surface area contributed by atoms with Crippen LogP contribution in [0.1, 0.15) is 17.8 Å². The molecule has 104 valence electrons. The van der Waals surface area contributed by atoms with Gasteiger partial charge in [-0.25, -0.2) is 9.67 Å². The smallest absolute Gasteiger partial charge is 0.248 e. The van der Waals surface area contributed by atoms with Crippen LogP contribution in [-0.4, -0.2) is 25.2 Å². The summed E-state index contributed by atoms with van der Waals surface area (Å²) in [6.07, 6.45) is -4.29. The second kappa shape index (κ2) is 5.24. The first-order chi connectivity index (χ1) is 9.43. The van der Waals surface area contributed by atoms with Crippen molar-refractivity contribution in [1.82, 2.24) is 25.2 Å². The molecule has 0 unspecified atom stereocenters. The van der Waals surface area contributed by atoms with Gasteiger partial charge in [0.2, 0.25) is 0 Å². The Kier molecular flexibility index (Phi) is 3.65. The predicted molar refractivity (Wildman–Crippen MR) is 61.0 cm³/mol. The summed E-state index contributed by atoms with van der Waals surface area (Å²) in [5.74, 6) is 0.291. The van der Waals surface area contributed by atoms with Crippen molar-refractivity contribution in [3.05, 3.63) is 23.5 Å². The Morgan fingerprint density at radius 1 is 1.35 bits per heavy atom. The SMILES string of the molecule is Cc1nc(C(F)(F)F)ccc1-c1nnnn1CCC#N. The highest BCUT2D eigenvalue weighted by molar-refractivity contribution is 5.57. The summed E-state index contributed by atoms with van der Waals surface area (Å²) in [6, 6.07) is 4.11. The lowest BCUT2D eigenvalue weighted by Crippen LogP contribution is -2.10. The van der Waals surface area contributed by atoms with Gasteiger partial charge < -0.3 is 0 Å². The van der Waals surface area contributed by atoms with Crippen molar-refractivity contribution < 1.29 is 13.2 Å². The zero-order valence-corrected chi connectivity index (χ0v) is 10.4. The molecule has 2 aromatic rings. The summed E-state index contributed by atoms with van der Waals surface area (Å²) >= 11 is 0. The van der Waals surface area contributed by atoms with Gasteiger partial charge in [-0.3, -0.25) is 0 Å². The molecule has 2 rings (SSSR count). The average Bonchev–Trinajstić information content (AvgIpc) is 2.83. The van der Waals surface area contributed by atoms with Crippen molar-refractivity contribution in [3.63, 3.8) is 0 Å². The van der Waals surface area contributed by atoms with E-state index in [1.807, 2.05) is 6.07 Å². The molecule has 2 aromatic heterocycles. The number of tetrazole rings is 1. The molecule has 0 aliphatic rings. The maximum absolute atomic E-state index is 12.5. The van der Waals surface area contributed by atoms with Crippen molar-refractivity contribution in [2.75, 3.05) is 0 Å². The summed E-state index contributed by atoms with van der Waals surface area (Å²) in [7, 11) is 0. The van der Waals surface area contributed by atoms with Crippen molar-refractivity contribution in [3.8, 4) is 17.5 Å². The van der Waals surface area contributed by atoms with Crippen LogP contribution in [0, 0.1) is 18.3 Å². The molecule has 0 aromatic carbocycles. The highest BCUT2D eigenvalue weighted by Gasteiger charge is 2.33. The number of nitriles is 1. The van der Waals surface area contributed by atoms with Crippen molar-refractivity contribution in [2.45, 2.75) is 26.1 Å². The molecular weight excluding hydrogens is 273 g/mol. The fourth-order valence-electron chi connectivity index (χ4n) is 1.66. The second-order valence-corrected chi connectivity index (χ2v) is 3.96. The minimum absolute atomic E-state index is 0.174. The Morgan fingerprint density at radius 3 is 2.70 bits per heavy atom. The van der Waals surface area contributed by atoms with Gasteiger partial charge in [0.05, 0.1) is 19.0 Å². The third-order valence-electron chi connectivity index (χ3n) is 2.58. The Hall–Kier alpha value is -2.50. The van der Waals surface area contributed by atoms with Crippen molar-refractivity contribution in [1.29, 1.82) is 5.26 Å². The lowest BCUT2D eigenvalue weighted by Gasteiger charge is -2.09. The fraction of sp³-hybridized carbons (Fsp3) is 0.364. The van der Waals surface area contributed by atoms with Crippen LogP contribution in [-0.2, 0) is 12.7 Å². The van der Waals surface area contributed by atoms with Crippen molar-refractivity contribution in [2.24, 2.45) is 0 Å². The van der Waals surface area contributed by atoms with Crippen LogP contribution in [0.15, 0.2) is 12.1 Å². The zero-order chi connectivity index (χ0) is 14.8. The molecule has 0 aliphatic heterocycles. The molecule has 0 amide bonds. The molecule has 0 fully saturated rings. The van der Waals surface area contributed by atoms with Gasteiger partial charge in [-0.05, 0) is 29.5 Å². The highest BCUT2D eigenvalue weighted by atomic mass is 19.4. The number of hydrogen-bond acceptors (Lipinski definition) is 5. The van der Waals surface area contributed by atoms with Crippen LogP contribution in [0.5, 0.6) is 0 Å². The van der Waals surface area contributed by atoms with E-state index in [2.05, 4.69) is 20.5 Å². The molecule has 0 atom stereocenters. The minimum Gasteiger partial charge on any atom is -0.248 e. The van der Waals surface area contributed by atoms with Gasteiger partial charge in [0.25, 0.3) is 0 Å². The van der Waals surface area contributed by atoms with E-state index in [4.69, 9.17) is 5.26 Å². The van der Waals surface area contributed by atoms with Crippen LogP contribution in [0.25, 0.3) is 11.4 Å². The number of hydrogen-bond donors (Lipinski definition) is 0. The van der Waals surface area contributed by atoms with E-state index in [1.54, 1.807) is 0 Å². The normalized spacial score (nSPS) is 11.3. The van der Waals surface area contributed by atoms with Crippen LogP contribution < -0.4 is 0 Å². The van der Waals surface area contributed by atoms with Crippen LogP contribution in [0.2, 0.25) is 0 Å². The molecule has 0 radical (unpaired) electrons. The van der Waals surface area contributed by atoms with Gasteiger partial charge in [-0.1, -0.05) is 0 Å². The largest absolute Gasteiger partial charge is 0.433 e. The standard InChI is InChI=1S/C11H9F3N6/c1-7-8(3-4-9(16-7)11(12,13)14)10-17-18-19-20(10)6-2-5-15/h3-4H,2,6H2,1H3. The van der Waals surface area contributed by atoms with E-state index < -0.39 is 11.9 Å². The monoisotopic (exact) mass is 282 g/mol. The average molecular weight is 282 g/mol. The lowest BCUT2D eigenvalue weighted by molar-refractivity contribution is -0.141. The number of nitrogens with zero attached hydrogens (tertiary/aromatic N) is 6. The number of rotatable bonds is 3. The quantitative estimate of drug-likeness (QED) is 0.859. The maximum atomic E-state index is 12.5. The minimum atomic E-state index is -4.49. The molecule has 2 heterocycles. The first-order valence-corrected chi connectivity index (χ1v) is 5.62. The Morgan fingerprint density at radius 2 is 2.10 bits per heavy atom. The maximum Gasteiger partial charge on any atom is 0.433 e. The van der Waals surface area contributed by atoms with E-state index >= 15 is 0 Å². The summed E-state index contributed by atoms with van der Waals surface area (Å²) in [6.45, 7) is 1.72. The van der Waals surface area contributed by atoms with Gasteiger partial charge in [0.15, 0.2) is 5.82 Å². The summed E-state index contributed by atoms with van der Waals surface area (Å²) in [5, 5.41) is 19.5. The van der Waals surface area contributed by atoms with E-state index in [0.717, 1.165) is 6.07 Å². The van der Waals surface area contributed by atoms with E-state index in [0.29, 0.717) is 11.4 Å². The number of pyridine rings is 1. The topological polar surface area (TPSA) is 80.3 Å². The number of alkyl halides is 3. The van der Waals surface area contributed by atoms with Gasteiger partial charge in [-0.2, -0.15) is 18.4 Å². The molecule has 0 bridgehead atoms. The van der Waals surface area contributed by atoms with Gasteiger partial charge >= 0.3 is 6.18 Å². The molecular formula is C11H9F3N6.